The molecule has 2 rings (SSSR count). The van der Waals surface area contributed by atoms with E-state index in [4.69, 9.17) is 9.41 Å². The van der Waals surface area contributed by atoms with Crippen LogP contribution < -0.4 is 10.6 Å². The molecule has 144 valence electrons. The zero-order valence-corrected chi connectivity index (χ0v) is 18.3. The molecule has 0 aliphatic carbocycles. The van der Waals surface area contributed by atoms with Gasteiger partial charge in [-0.15, -0.1) is 24.0 Å². The molecule has 0 fully saturated rings. The summed E-state index contributed by atoms with van der Waals surface area (Å²) < 4.78 is 5.54. The number of furan rings is 1. The summed E-state index contributed by atoms with van der Waals surface area (Å²) in [6.45, 7) is 4.47. The Hall–Kier alpha value is -1.54. The lowest BCUT2D eigenvalue weighted by Crippen LogP contribution is -2.38. The fourth-order valence-electron chi connectivity index (χ4n) is 2.65. The minimum absolute atomic E-state index is 0. The van der Waals surface area contributed by atoms with Crippen molar-refractivity contribution >= 4 is 29.9 Å². The van der Waals surface area contributed by atoms with Crippen LogP contribution in [0.25, 0.3) is 0 Å². The summed E-state index contributed by atoms with van der Waals surface area (Å²) >= 11 is 0. The zero-order chi connectivity index (χ0) is 17.9. The van der Waals surface area contributed by atoms with Crippen LogP contribution in [0.3, 0.4) is 0 Å². The zero-order valence-electron chi connectivity index (χ0n) is 15.9. The second-order valence-electron chi connectivity index (χ2n) is 6.23. The number of benzene rings is 1. The maximum Gasteiger partial charge on any atom is 0.191 e. The Morgan fingerprint density at radius 1 is 1.12 bits per heavy atom. The van der Waals surface area contributed by atoms with Crippen molar-refractivity contribution in [2.45, 2.75) is 25.8 Å². The molecule has 0 amide bonds. The molecule has 0 radical (unpaired) electrons. The number of halogens is 1. The Bertz CT molecular complexity index is 614. The molecule has 0 aliphatic heterocycles. The van der Waals surface area contributed by atoms with Crippen LogP contribution in [0.2, 0.25) is 0 Å². The molecule has 1 atom stereocenters. The molecule has 6 heteroatoms. The van der Waals surface area contributed by atoms with Crippen LogP contribution in [-0.2, 0) is 6.42 Å². The number of rotatable bonds is 9. The first-order valence-electron chi connectivity index (χ1n) is 8.96. The van der Waals surface area contributed by atoms with Gasteiger partial charge in [0.1, 0.15) is 5.76 Å². The summed E-state index contributed by atoms with van der Waals surface area (Å²) in [5.74, 6) is 1.79. The maximum absolute atomic E-state index is 5.54. The molecule has 0 saturated carbocycles. The van der Waals surface area contributed by atoms with Gasteiger partial charge in [-0.3, -0.25) is 9.89 Å². The van der Waals surface area contributed by atoms with E-state index in [0.29, 0.717) is 6.54 Å². The van der Waals surface area contributed by atoms with E-state index < -0.39 is 0 Å². The van der Waals surface area contributed by atoms with Gasteiger partial charge in [0.2, 0.25) is 0 Å². The number of likely N-dealkylation sites (N-methyl/N-ethyl adjacent to an activating group) is 1. The van der Waals surface area contributed by atoms with E-state index in [9.17, 15) is 0 Å². The molecule has 1 unspecified atom stereocenters. The van der Waals surface area contributed by atoms with E-state index in [0.717, 1.165) is 37.7 Å². The summed E-state index contributed by atoms with van der Waals surface area (Å²) in [6.07, 6.45) is 3.85. The molecule has 1 aromatic heterocycles. The molecule has 0 aliphatic rings. The molecule has 2 N–H and O–H groups in total. The van der Waals surface area contributed by atoms with Crippen LogP contribution in [0.5, 0.6) is 0 Å². The lowest BCUT2D eigenvalue weighted by molar-refractivity contribution is 0.265. The summed E-state index contributed by atoms with van der Waals surface area (Å²) in [7, 11) is 4.09. The van der Waals surface area contributed by atoms with E-state index in [1.807, 2.05) is 26.2 Å². The Morgan fingerprint density at radius 3 is 2.50 bits per heavy atom. The lowest BCUT2D eigenvalue weighted by Gasteiger charge is -2.21. The van der Waals surface area contributed by atoms with E-state index in [-0.39, 0.29) is 30.0 Å². The predicted molar refractivity (Wildman–Crippen MR) is 119 cm³/mol. The van der Waals surface area contributed by atoms with Gasteiger partial charge in [0, 0.05) is 13.1 Å². The van der Waals surface area contributed by atoms with Crippen LogP contribution in [0.1, 0.15) is 30.7 Å². The van der Waals surface area contributed by atoms with Gasteiger partial charge in [0.25, 0.3) is 0 Å². The Balaban J connectivity index is 0.00000338. The molecule has 2 aromatic rings. The monoisotopic (exact) mass is 470 g/mol. The van der Waals surface area contributed by atoms with Crippen LogP contribution >= 0.6 is 24.0 Å². The average molecular weight is 470 g/mol. The molecule has 5 nitrogen and oxygen atoms in total. The standard InChI is InChI=1S/C20H30N4O.HI/c1-4-21-20(22-14-8-12-17-10-6-5-7-11-17)23-16-18(24(2)3)19-13-9-15-25-19;/h5-7,9-11,13,15,18H,4,8,12,14,16H2,1-3H3,(H2,21,22,23);1H. The normalized spacial score (nSPS) is 12.5. The van der Waals surface area contributed by atoms with Crippen molar-refractivity contribution in [3.8, 4) is 0 Å². The predicted octanol–water partition coefficient (Wildman–Crippen LogP) is 3.69. The second-order valence-corrected chi connectivity index (χ2v) is 6.23. The smallest absolute Gasteiger partial charge is 0.191 e. The number of guanidine groups is 1. The largest absolute Gasteiger partial charge is 0.468 e. The summed E-state index contributed by atoms with van der Waals surface area (Å²) in [6, 6.07) is 14.6. The van der Waals surface area contributed by atoms with Crippen molar-refractivity contribution in [2.75, 3.05) is 33.7 Å². The van der Waals surface area contributed by atoms with E-state index in [1.54, 1.807) is 6.26 Å². The highest BCUT2D eigenvalue weighted by Gasteiger charge is 2.16. The van der Waals surface area contributed by atoms with Crippen molar-refractivity contribution in [1.29, 1.82) is 0 Å². The number of hydrogen-bond acceptors (Lipinski definition) is 3. The third kappa shape index (κ3) is 7.78. The van der Waals surface area contributed by atoms with Gasteiger partial charge < -0.3 is 15.1 Å². The number of aliphatic imine (C=N–C) groups is 1. The fraction of sp³-hybridized carbons (Fsp3) is 0.450. The molecular weight excluding hydrogens is 439 g/mol. The molecule has 0 spiro atoms. The number of aryl methyl sites for hydroxylation is 1. The second kappa shape index (κ2) is 12.8. The van der Waals surface area contributed by atoms with Crippen LogP contribution in [-0.4, -0.2) is 44.6 Å². The van der Waals surface area contributed by atoms with Gasteiger partial charge in [-0.05, 0) is 51.6 Å². The highest BCUT2D eigenvalue weighted by molar-refractivity contribution is 14.0. The van der Waals surface area contributed by atoms with Gasteiger partial charge in [-0.25, -0.2) is 0 Å². The van der Waals surface area contributed by atoms with Crippen molar-refractivity contribution in [3.63, 3.8) is 0 Å². The van der Waals surface area contributed by atoms with Gasteiger partial charge in [0.15, 0.2) is 5.96 Å². The van der Waals surface area contributed by atoms with Crippen molar-refractivity contribution in [2.24, 2.45) is 4.99 Å². The first kappa shape index (κ1) is 22.5. The van der Waals surface area contributed by atoms with Crippen molar-refractivity contribution in [1.82, 2.24) is 15.5 Å². The number of nitrogens with zero attached hydrogens (tertiary/aromatic N) is 2. The Kier molecular flexibility index (Phi) is 11.0. The van der Waals surface area contributed by atoms with Gasteiger partial charge in [-0.1, -0.05) is 30.3 Å². The lowest BCUT2D eigenvalue weighted by atomic mass is 10.1. The summed E-state index contributed by atoms with van der Waals surface area (Å²) in [5, 5.41) is 6.73. The first-order valence-corrected chi connectivity index (χ1v) is 8.96. The quantitative estimate of drug-likeness (QED) is 0.254. The first-order chi connectivity index (χ1) is 12.2. The Morgan fingerprint density at radius 2 is 1.88 bits per heavy atom. The summed E-state index contributed by atoms with van der Waals surface area (Å²) in [4.78, 5) is 6.85. The molecule has 0 saturated heterocycles. The molecule has 1 aromatic carbocycles. The maximum atomic E-state index is 5.54. The average Bonchev–Trinajstić information content (AvgIpc) is 3.13. The Labute approximate surface area is 174 Å². The molecule has 0 bridgehead atoms. The van der Waals surface area contributed by atoms with Gasteiger partial charge in [-0.2, -0.15) is 0 Å². The SMILES string of the molecule is CCNC(=NCC(c1ccco1)N(C)C)NCCCc1ccccc1.I. The van der Waals surface area contributed by atoms with E-state index in [2.05, 4.69) is 52.8 Å². The van der Waals surface area contributed by atoms with Crippen molar-refractivity contribution in [3.05, 3.63) is 60.1 Å². The topological polar surface area (TPSA) is 52.8 Å². The highest BCUT2D eigenvalue weighted by Crippen LogP contribution is 2.18. The minimum atomic E-state index is 0. The van der Waals surface area contributed by atoms with Gasteiger partial charge >= 0.3 is 0 Å². The number of hydrogen-bond donors (Lipinski definition) is 2. The van der Waals surface area contributed by atoms with E-state index in [1.165, 1.54) is 5.56 Å². The summed E-state index contributed by atoms with van der Waals surface area (Å²) in [5.41, 5.74) is 1.37. The van der Waals surface area contributed by atoms with Crippen LogP contribution in [0.15, 0.2) is 58.1 Å². The van der Waals surface area contributed by atoms with Crippen molar-refractivity contribution < 1.29 is 4.42 Å². The fourth-order valence-corrected chi connectivity index (χ4v) is 2.65. The molecule has 26 heavy (non-hydrogen) atoms. The van der Waals surface area contributed by atoms with Crippen LogP contribution in [0.4, 0.5) is 0 Å². The molecular formula is C20H31IN4O. The number of nitrogens with one attached hydrogen (secondary N) is 2. The van der Waals surface area contributed by atoms with Crippen LogP contribution in [0, 0.1) is 0 Å². The minimum Gasteiger partial charge on any atom is -0.468 e. The van der Waals surface area contributed by atoms with Gasteiger partial charge in [0.05, 0.1) is 18.8 Å². The van der Waals surface area contributed by atoms with E-state index >= 15 is 0 Å². The highest BCUT2D eigenvalue weighted by atomic mass is 127. The molecule has 1 heterocycles. The third-order valence-corrected chi connectivity index (χ3v) is 4.04. The third-order valence-electron chi connectivity index (χ3n) is 4.04.